The molecule has 0 saturated carbocycles. The van der Waals surface area contributed by atoms with E-state index in [9.17, 15) is 4.79 Å². The molecule has 1 aromatic rings. The number of halogens is 1. The van der Waals surface area contributed by atoms with Gasteiger partial charge >= 0.3 is 5.97 Å². The van der Waals surface area contributed by atoms with Gasteiger partial charge in [0.15, 0.2) is 0 Å². The van der Waals surface area contributed by atoms with Gasteiger partial charge in [-0.1, -0.05) is 24.3 Å². The van der Waals surface area contributed by atoms with Crippen molar-refractivity contribution in [3.63, 3.8) is 0 Å². The van der Waals surface area contributed by atoms with E-state index in [-0.39, 0.29) is 0 Å². The highest BCUT2D eigenvalue weighted by atomic mass is 35.5. The Morgan fingerprint density at radius 2 is 2.07 bits per heavy atom. The van der Waals surface area contributed by atoms with Gasteiger partial charge in [-0.25, -0.2) is 0 Å². The van der Waals surface area contributed by atoms with Crippen molar-refractivity contribution < 1.29 is 9.90 Å². The molecule has 82 valence electrons. The molecule has 0 spiro atoms. The molecule has 0 saturated heterocycles. The SMILES string of the molecule is CNC(Cc1ccccc1CCl)C(=O)O. The molecule has 3 nitrogen and oxygen atoms in total. The highest BCUT2D eigenvalue weighted by Gasteiger charge is 2.16. The van der Waals surface area contributed by atoms with E-state index in [1.807, 2.05) is 24.3 Å². The van der Waals surface area contributed by atoms with Crippen LogP contribution in [-0.2, 0) is 17.1 Å². The van der Waals surface area contributed by atoms with Crippen LogP contribution in [0.2, 0.25) is 0 Å². The zero-order valence-corrected chi connectivity index (χ0v) is 9.29. The first-order chi connectivity index (χ1) is 7.19. The molecule has 0 fully saturated rings. The second-order valence-corrected chi connectivity index (χ2v) is 3.55. The van der Waals surface area contributed by atoms with Gasteiger partial charge in [0.05, 0.1) is 0 Å². The lowest BCUT2D eigenvalue weighted by molar-refractivity contribution is -0.139. The fraction of sp³-hybridized carbons (Fsp3) is 0.364. The van der Waals surface area contributed by atoms with E-state index in [4.69, 9.17) is 16.7 Å². The Hall–Kier alpha value is -1.06. The van der Waals surface area contributed by atoms with Crippen LogP contribution in [0.5, 0.6) is 0 Å². The summed E-state index contributed by atoms with van der Waals surface area (Å²) >= 11 is 5.77. The number of hydrogen-bond acceptors (Lipinski definition) is 2. The van der Waals surface area contributed by atoms with Crippen LogP contribution in [0.1, 0.15) is 11.1 Å². The molecule has 0 bridgehead atoms. The summed E-state index contributed by atoms with van der Waals surface area (Å²) in [6.07, 6.45) is 0.453. The fourth-order valence-electron chi connectivity index (χ4n) is 1.42. The standard InChI is InChI=1S/C11H14ClNO2/c1-13-10(11(14)15)6-8-4-2-3-5-9(8)7-12/h2-5,10,13H,6-7H2,1H3,(H,14,15). The lowest BCUT2D eigenvalue weighted by Gasteiger charge is -2.13. The van der Waals surface area contributed by atoms with Gasteiger partial charge in [-0.15, -0.1) is 11.6 Å². The largest absolute Gasteiger partial charge is 0.480 e. The molecule has 1 rings (SSSR count). The first-order valence-corrected chi connectivity index (χ1v) is 5.25. The number of alkyl halides is 1. The molecule has 15 heavy (non-hydrogen) atoms. The predicted octanol–water partition coefficient (Wildman–Crippen LogP) is 1.64. The van der Waals surface area contributed by atoms with Gasteiger partial charge in [-0.3, -0.25) is 4.79 Å². The summed E-state index contributed by atoms with van der Waals surface area (Å²) in [4.78, 5) is 10.8. The Labute approximate surface area is 94.1 Å². The summed E-state index contributed by atoms with van der Waals surface area (Å²) in [5.74, 6) is -0.437. The highest BCUT2D eigenvalue weighted by molar-refractivity contribution is 6.17. The summed E-state index contributed by atoms with van der Waals surface area (Å²) in [7, 11) is 1.64. The van der Waals surface area contributed by atoms with Gasteiger partial charge in [-0.05, 0) is 24.6 Å². The molecule has 0 aromatic heterocycles. The number of carboxylic acid groups (broad SMARTS) is 1. The maximum absolute atomic E-state index is 10.8. The molecule has 0 heterocycles. The predicted molar refractivity (Wildman–Crippen MR) is 60.2 cm³/mol. The second-order valence-electron chi connectivity index (χ2n) is 3.29. The number of rotatable bonds is 5. The normalized spacial score (nSPS) is 12.4. The van der Waals surface area contributed by atoms with Crippen LogP contribution < -0.4 is 5.32 Å². The minimum absolute atomic E-state index is 0.409. The molecule has 0 amide bonds. The molecule has 0 radical (unpaired) electrons. The van der Waals surface area contributed by atoms with E-state index < -0.39 is 12.0 Å². The minimum atomic E-state index is -0.845. The van der Waals surface area contributed by atoms with Crippen LogP contribution in [0.4, 0.5) is 0 Å². The van der Waals surface area contributed by atoms with Gasteiger partial charge in [-0.2, -0.15) is 0 Å². The van der Waals surface area contributed by atoms with Gasteiger partial charge in [0.1, 0.15) is 6.04 Å². The van der Waals surface area contributed by atoms with Crippen molar-refractivity contribution in [2.75, 3.05) is 7.05 Å². The van der Waals surface area contributed by atoms with Crippen molar-refractivity contribution in [3.05, 3.63) is 35.4 Å². The smallest absolute Gasteiger partial charge is 0.321 e. The number of benzene rings is 1. The number of aliphatic carboxylic acids is 1. The number of nitrogens with one attached hydrogen (secondary N) is 1. The van der Waals surface area contributed by atoms with Crippen molar-refractivity contribution >= 4 is 17.6 Å². The number of carbonyl (C=O) groups is 1. The molecule has 4 heteroatoms. The Morgan fingerprint density at radius 1 is 1.47 bits per heavy atom. The molecule has 0 aliphatic heterocycles. The van der Waals surface area contributed by atoms with E-state index >= 15 is 0 Å². The molecule has 1 unspecified atom stereocenters. The van der Waals surface area contributed by atoms with Gasteiger partial charge in [0.2, 0.25) is 0 Å². The fourth-order valence-corrected chi connectivity index (χ4v) is 1.68. The van der Waals surface area contributed by atoms with E-state index in [1.54, 1.807) is 7.05 Å². The summed E-state index contributed by atoms with van der Waals surface area (Å²) < 4.78 is 0. The summed E-state index contributed by atoms with van der Waals surface area (Å²) in [6.45, 7) is 0. The highest BCUT2D eigenvalue weighted by Crippen LogP contribution is 2.13. The molecular weight excluding hydrogens is 214 g/mol. The van der Waals surface area contributed by atoms with Crippen LogP contribution in [0.3, 0.4) is 0 Å². The van der Waals surface area contributed by atoms with Crippen LogP contribution >= 0.6 is 11.6 Å². The van der Waals surface area contributed by atoms with Gasteiger partial charge < -0.3 is 10.4 Å². The zero-order chi connectivity index (χ0) is 11.3. The van der Waals surface area contributed by atoms with E-state index in [0.29, 0.717) is 12.3 Å². The van der Waals surface area contributed by atoms with Crippen molar-refractivity contribution in [2.24, 2.45) is 0 Å². The summed E-state index contributed by atoms with van der Waals surface area (Å²) in [6, 6.07) is 7.05. The van der Waals surface area contributed by atoms with E-state index in [1.165, 1.54) is 0 Å². The van der Waals surface area contributed by atoms with Gasteiger partial charge in [0, 0.05) is 5.88 Å². The molecule has 0 aliphatic carbocycles. The minimum Gasteiger partial charge on any atom is -0.480 e. The van der Waals surface area contributed by atoms with Crippen LogP contribution in [0, 0.1) is 0 Å². The third kappa shape index (κ3) is 3.22. The molecule has 1 atom stereocenters. The van der Waals surface area contributed by atoms with Crippen LogP contribution in [-0.4, -0.2) is 24.2 Å². The van der Waals surface area contributed by atoms with Crippen molar-refractivity contribution in [3.8, 4) is 0 Å². The maximum atomic E-state index is 10.8. The van der Waals surface area contributed by atoms with E-state index in [0.717, 1.165) is 11.1 Å². The van der Waals surface area contributed by atoms with Crippen LogP contribution in [0.25, 0.3) is 0 Å². The average molecular weight is 228 g/mol. The monoisotopic (exact) mass is 227 g/mol. The third-order valence-corrected chi connectivity index (χ3v) is 2.62. The first kappa shape index (κ1) is 12.0. The molecule has 0 aliphatic rings. The lowest BCUT2D eigenvalue weighted by atomic mass is 10.0. The van der Waals surface area contributed by atoms with E-state index in [2.05, 4.69) is 5.32 Å². The van der Waals surface area contributed by atoms with Crippen molar-refractivity contribution in [2.45, 2.75) is 18.3 Å². The Morgan fingerprint density at radius 3 is 2.53 bits per heavy atom. The zero-order valence-electron chi connectivity index (χ0n) is 8.53. The van der Waals surface area contributed by atoms with Crippen molar-refractivity contribution in [1.82, 2.24) is 5.32 Å². The molecule has 2 N–H and O–H groups in total. The van der Waals surface area contributed by atoms with Crippen molar-refractivity contribution in [1.29, 1.82) is 0 Å². The first-order valence-electron chi connectivity index (χ1n) is 4.72. The Balaban J connectivity index is 2.82. The second kappa shape index (κ2) is 5.73. The number of carboxylic acids is 1. The summed E-state index contributed by atoms with van der Waals surface area (Å²) in [5, 5.41) is 11.7. The summed E-state index contributed by atoms with van der Waals surface area (Å²) in [5.41, 5.74) is 1.97. The third-order valence-electron chi connectivity index (χ3n) is 2.33. The topological polar surface area (TPSA) is 49.3 Å². The Kier molecular flexibility index (Phi) is 4.59. The maximum Gasteiger partial charge on any atom is 0.321 e. The quantitative estimate of drug-likeness (QED) is 0.752. The average Bonchev–Trinajstić information content (AvgIpc) is 2.25. The molecular formula is C11H14ClNO2. The molecule has 1 aromatic carbocycles. The number of likely N-dealkylation sites (N-methyl/N-ethyl adjacent to an activating group) is 1. The van der Waals surface area contributed by atoms with Crippen LogP contribution in [0.15, 0.2) is 24.3 Å². The lowest BCUT2D eigenvalue weighted by Crippen LogP contribution is -2.36. The van der Waals surface area contributed by atoms with Gasteiger partial charge in [0.25, 0.3) is 0 Å². The Bertz CT molecular complexity index is 341. The number of hydrogen-bond donors (Lipinski definition) is 2.